The van der Waals surface area contributed by atoms with Crippen LogP contribution in [0.4, 0.5) is 0 Å². The molecule has 1 aliphatic rings. The molecule has 142 valence electrons. The summed E-state index contributed by atoms with van der Waals surface area (Å²) in [6.45, 7) is 1.81. The standard InChI is InChI=1S/C16H23N5O4S/c1-19(8-9-25-2)16(22)13-4-5-14-17-18-15(21(14)11-13)12-6-7-20(10-12)26(3,23)24/h4-5,11-12H,6-10H2,1-3H3/t12-/m1/s1. The Kier molecular flexibility index (Phi) is 5.26. The van der Waals surface area contributed by atoms with Crippen LogP contribution in [0.15, 0.2) is 18.3 Å². The number of fused-ring (bicyclic) bond motifs is 1. The molecule has 3 heterocycles. The molecule has 1 atom stereocenters. The Labute approximate surface area is 152 Å². The first-order valence-electron chi connectivity index (χ1n) is 8.35. The van der Waals surface area contributed by atoms with Gasteiger partial charge in [-0.25, -0.2) is 12.7 Å². The van der Waals surface area contributed by atoms with Crippen LogP contribution in [0, 0.1) is 0 Å². The maximum absolute atomic E-state index is 12.6. The van der Waals surface area contributed by atoms with E-state index in [4.69, 9.17) is 4.74 Å². The summed E-state index contributed by atoms with van der Waals surface area (Å²) in [6, 6.07) is 3.47. The summed E-state index contributed by atoms with van der Waals surface area (Å²) in [5.41, 5.74) is 1.16. The van der Waals surface area contributed by atoms with E-state index >= 15 is 0 Å². The average Bonchev–Trinajstić information content (AvgIpc) is 3.24. The zero-order valence-electron chi connectivity index (χ0n) is 15.1. The van der Waals surface area contributed by atoms with Gasteiger partial charge in [-0.2, -0.15) is 0 Å². The Hall–Kier alpha value is -2.04. The quantitative estimate of drug-likeness (QED) is 0.709. The van der Waals surface area contributed by atoms with Crippen molar-refractivity contribution < 1.29 is 17.9 Å². The summed E-state index contributed by atoms with van der Waals surface area (Å²) in [5.74, 6) is 0.518. The molecule has 0 N–H and O–H groups in total. The van der Waals surface area contributed by atoms with Gasteiger partial charge in [0.05, 0.1) is 18.4 Å². The maximum Gasteiger partial charge on any atom is 0.255 e. The van der Waals surface area contributed by atoms with Crippen LogP contribution in [0.3, 0.4) is 0 Å². The molecule has 2 aromatic rings. The zero-order valence-corrected chi connectivity index (χ0v) is 15.9. The fourth-order valence-corrected chi connectivity index (χ4v) is 3.99. The van der Waals surface area contributed by atoms with E-state index < -0.39 is 10.0 Å². The lowest BCUT2D eigenvalue weighted by Crippen LogP contribution is -2.30. The van der Waals surface area contributed by atoms with E-state index in [9.17, 15) is 13.2 Å². The van der Waals surface area contributed by atoms with Gasteiger partial charge < -0.3 is 9.64 Å². The highest BCUT2D eigenvalue weighted by Gasteiger charge is 2.32. The van der Waals surface area contributed by atoms with Crippen molar-refractivity contribution in [3.05, 3.63) is 29.7 Å². The number of carbonyl (C=O) groups is 1. The third-order valence-corrected chi connectivity index (χ3v) is 5.91. The number of hydrogen-bond donors (Lipinski definition) is 0. The lowest BCUT2D eigenvalue weighted by Gasteiger charge is -2.17. The summed E-state index contributed by atoms with van der Waals surface area (Å²) >= 11 is 0. The molecule has 0 unspecified atom stereocenters. The number of hydrogen-bond acceptors (Lipinski definition) is 6. The van der Waals surface area contributed by atoms with Gasteiger partial charge in [0.1, 0.15) is 5.82 Å². The average molecular weight is 381 g/mol. The number of ether oxygens (including phenoxy) is 1. The largest absolute Gasteiger partial charge is 0.383 e. The first kappa shape index (κ1) is 18.7. The highest BCUT2D eigenvalue weighted by Crippen LogP contribution is 2.28. The third kappa shape index (κ3) is 3.71. The third-order valence-electron chi connectivity index (χ3n) is 4.64. The van der Waals surface area contributed by atoms with Gasteiger partial charge in [0.25, 0.3) is 5.91 Å². The summed E-state index contributed by atoms with van der Waals surface area (Å²) in [6.07, 6.45) is 3.61. The molecule has 0 spiro atoms. The molecule has 1 aliphatic heterocycles. The van der Waals surface area contributed by atoms with Crippen LogP contribution < -0.4 is 0 Å². The monoisotopic (exact) mass is 381 g/mol. The SMILES string of the molecule is COCCN(C)C(=O)c1ccc2nnc([C@@H]3CCN(S(C)(=O)=O)C3)n2c1. The van der Waals surface area contributed by atoms with Gasteiger partial charge in [0.15, 0.2) is 5.65 Å². The van der Waals surface area contributed by atoms with E-state index in [1.165, 1.54) is 10.6 Å². The number of methoxy groups -OCH3 is 1. The lowest BCUT2D eigenvalue weighted by atomic mass is 10.1. The number of carbonyl (C=O) groups excluding carboxylic acids is 1. The van der Waals surface area contributed by atoms with E-state index in [2.05, 4.69) is 10.2 Å². The van der Waals surface area contributed by atoms with Gasteiger partial charge in [-0.05, 0) is 18.6 Å². The van der Waals surface area contributed by atoms with Crippen molar-refractivity contribution in [2.24, 2.45) is 0 Å². The Morgan fingerprint density at radius 1 is 1.38 bits per heavy atom. The molecule has 0 saturated carbocycles. The molecule has 0 radical (unpaired) electrons. The fourth-order valence-electron chi connectivity index (χ4n) is 3.10. The molecular weight excluding hydrogens is 358 g/mol. The smallest absolute Gasteiger partial charge is 0.255 e. The molecule has 1 fully saturated rings. The second-order valence-electron chi connectivity index (χ2n) is 6.53. The van der Waals surface area contributed by atoms with Gasteiger partial charge in [-0.1, -0.05) is 0 Å². The van der Waals surface area contributed by atoms with Crippen LogP contribution in [0.1, 0.15) is 28.5 Å². The van der Waals surface area contributed by atoms with Crippen molar-refractivity contribution in [2.75, 3.05) is 46.7 Å². The minimum Gasteiger partial charge on any atom is -0.383 e. The number of likely N-dealkylation sites (N-methyl/N-ethyl adjacent to an activating group) is 1. The van der Waals surface area contributed by atoms with E-state index in [1.54, 1.807) is 41.8 Å². The molecule has 0 aromatic carbocycles. The predicted octanol–water partition coefficient (Wildman–Crippen LogP) is 0.197. The fraction of sp³-hybridized carbons (Fsp3) is 0.562. The zero-order chi connectivity index (χ0) is 18.9. The number of sulfonamides is 1. The van der Waals surface area contributed by atoms with Crippen LogP contribution in [0.5, 0.6) is 0 Å². The van der Waals surface area contributed by atoms with Crippen LogP contribution in [-0.4, -0.2) is 84.8 Å². The number of aromatic nitrogens is 3. The van der Waals surface area contributed by atoms with E-state index in [1.807, 2.05) is 0 Å². The minimum atomic E-state index is -3.22. The topological polar surface area (TPSA) is 97.1 Å². The van der Waals surface area contributed by atoms with Crippen LogP contribution in [0.2, 0.25) is 0 Å². The van der Waals surface area contributed by atoms with Crippen LogP contribution >= 0.6 is 0 Å². The molecule has 0 aliphatic carbocycles. The summed E-state index contributed by atoms with van der Waals surface area (Å²) in [7, 11) is 0.0960. The summed E-state index contributed by atoms with van der Waals surface area (Å²) in [5, 5.41) is 8.38. The van der Waals surface area contributed by atoms with Crippen molar-refractivity contribution in [1.82, 2.24) is 23.8 Å². The van der Waals surface area contributed by atoms with E-state index in [0.29, 0.717) is 49.7 Å². The normalized spacial score (nSPS) is 18.5. The second-order valence-corrected chi connectivity index (χ2v) is 8.51. The molecule has 1 amide bonds. The second kappa shape index (κ2) is 7.29. The summed E-state index contributed by atoms with van der Waals surface area (Å²) in [4.78, 5) is 14.2. The Morgan fingerprint density at radius 2 is 2.15 bits per heavy atom. The molecule has 9 nitrogen and oxygen atoms in total. The van der Waals surface area contributed by atoms with Gasteiger partial charge in [0, 0.05) is 45.9 Å². The number of pyridine rings is 1. The van der Waals surface area contributed by atoms with Gasteiger partial charge in [0.2, 0.25) is 10.0 Å². The van der Waals surface area contributed by atoms with Crippen molar-refractivity contribution in [2.45, 2.75) is 12.3 Å². The van der Waals surface area contributed by atoms with Gasteiger partial charge >= 0.3 is 0 Å². The Bertz CT molecular complexity index is 911. The number of rotatable bonds is 6. The van der Waals surface area contributed by atoms with Crippen molar-refractivity contribution in [3.8, 4) is 0 Å². The van der Waals surface area contributed by atoms with Crippen molar-refractivity contribution in [1.29, 1.82) is 0 Å². The van der Waals surface area contributed by atoms with E-state index in [-0.39, 0.29) is 11.8 Å². The number of nitrogens with zero attached hydrogens (tertiary/aromatic N) is 5. The Morgan fingerprint density at radius 3 is 2.81 bits per heavy atom. The van der Waals surface area contributed by atoms with Crippen LogP contribution in [-0.2, 0) is 14.8 Å². The molecule has 3 rings (SSSR count). The van der Waals surface area contributed by atoms with Gasteiger partial charge in [-0.3, -0.25) is 9.20 Å². The predicted molar refractivity (Wildman–Crippen MR) is 95.6 cm³/mol. The Balaban J connectivity index is 1.86. The minimum absolute atomic E-state index is 0.0451. The van der Waals surface area contributed by atoms with Gasteiger partial charge in [-0.15, -0.1) is 10.2 Å². The number of amides is 1. The first-order valence-corrected chi connectivity index (χ1v) is 10.2. The molecular formula is C16H23N5O4S. The molecule has 0 bridgehead atoms. The highest BCUT2D eigenvalue weighted by molar-refractivity contribution is 7.88. The molecule has 2 aromatic heterocycles. The lowest BCUT2D eigenvalue weighted by molar-refractivity contribution is 0.0743. The molecule has 1 saturated heterocycles. The first-order chi connectivity index (χ1) is 12.3. The molecule has 10 heteroatoms. The maximum atomic E-state index is 12.6. The summed E-state index contributed by atoms with van der Waals surface area (Å²) < 4.78 is 31.7. The van der Waals surface area contributed by atoms with Crippen LogP contribution in [0.25, 0.3) is 5.65 Å². The van der Waals surface area contributed by atoms with Crippen molar-refractivity contribution >= 4 is 21.6 Å². The van der Waals surface area contributed by atoms with Crippen molar-refractivity contribution in [3.63, 3.8) is 0 Å². The molecule has 26 heavy (non-hydrogen) atoms. The van der Waals surface area contributed by atoms with E-state index in [0.717, 1.165) is 0 Å². The highest BCUT2D eigenvalue weighted by atomic mass is 32.2.